The molecular weight excluding hydrogens is 899 g/mol. The predicted molar refractivity (Wildman–Crippen MR) is 298 cm³/mol. The molecule has 0 bridgehead atoms. The van der Waals surface area contributed by atoms with Crippen LogP contribution in [0.25, 0.3) is 0 Å². The minimum atomic E-state index is -0.332. The molecule has 0 aliphatic rings. The Labute approximate surface area is 438 Å². The van der Waals surface area contributed by atoms with Crippen molar-refractivity contribution in [1.82, 2.24) is 15.1 Å². The lowest BCUT2D eigenvalue weighted by Gasteiger charge is -2.23. The molecular formula is C58H115N3O8S. The molecule has 70 heavy (non-hydrogen) atoms. The van der Waals surface area contributed by atoms with Gasteiger partial charge in [0.25, 0.3) is 0 Å². The van der Waals surface area contributed by atoms with Crippen molar-refractivity contribution in [3.63, 3.8) is 0 Å². The lowest BCUT2D eigenvalue weighted by molar-refractivity contribution is -0.159. The molecule has 0 rings (SSSR count). The number of thiocarbonyl (C=S) groups is 1. The zero-order valence-corrected chi connectivity index (χ0v) is 47.8. The van der Waals surface area contributed by atoms with Gasteiger partial charge in [-0.05, 0) is 89.6 Å². The van der Waals surface area contributed by atoms with E-state index in [1.165, 1.54) is 128 Å². The van der Waals surface area contributed by atoms with E-state index in [-0.39, 0.29) is 24.5 Å². The van der Waals surface area contributed by atoms with E-state index in [4.69, 9.17) is 40.6 Å². The van der Waals surface area contributed by atoms with Gasteiger partial charge in [0.1, 0.15) is 0 Å². The maximum atomic E-state index is 12.7. The smallest absolute Gasteiger partial charge is 0.305 e. The molecule has 0 unspecified atom stereocenters. The summed E-state index contributed by atoms with van der Waals surface area (Å²) in [6.07, 6.45) is 39.8. The molecule has 0 aromatic rings. The SMILES string of the molecule is CCCCCCCCOC(CCC(=O)OCCCCCCN(CCCCCCOC(=O)CCC(OCCCCCCCC)OCCCCCCCC)CCCNC(=S)N(C)C)OCCCCCCCC. The van der Waals surface area contributed by atoms with Gasteiger partial charge in [0, 0.05) is 59.9 Å². The second-order valence-electron chi connectivity index (χ2n) is 20.1. The van der Waals surface area contributed by atoms with Crippen LogP contribution in [0.3, 0.4) is 0 Å². The number of nitrogens with zero attached hydrogens (tertiary/aromatic N) is 2. The fraction of sp³-hybridized carbons (Fsp3) is 0.948. The molecule has 0 atom stereocenters. The Morgan fingerprint density at radius 1 is 0.400 bits per heavy atom. The van der Waals surface area contributed by atoms with Crippen LogP contribution in [0, 0.1) is 0 Å². The number of unbranched alkanes of at least 4 members (excludes halogenated alkanes) is 26. The summed E-state index contributed by atoms with van der Waals surface area (Å²) in [5, 5.41) is 4.14. The summed E-state index contributed by atoms with van der Waals surface area (Å²) >= 11 is 5.43. The highest BCUT2D eigenvalue weighted by Crippen LogP contribution is 2.15. The average Bonchev–Trinajstić information content (AvgIpc) is 3.35. The van der Waals surface area contributed by atoms with Gasteiger partial charge < -0.3 is 43.5 Å². The van der Waals surface area contributed by atoms with E-state index in [1.54, 1.807) is 0 Å². The van der Waals surface area contributed by atoms with Gasteiger partial charge in [0.15, 0.2) is 17.7 Å². The highest BCUT2D eigenvalue weighted by Gasteiger charge is 2.15. The third kappa shape index (κ3) is 50.0. The van der Waals surface area contributed by atoms with E-state index in [0.717, 1.165) is 115 Å². The number of rotatable bonds is 56. The molecule has 0 spiro atoms. The topological polar surface area (TPSA) is 108 Å². The molecule has 416 valence electrons. The average molecular weight is 1010 g/mol. The van der Waals surface area contributed by atoms with E-state index >= 15 is 0 Å². The van der Waals surface area contributed by atoms with E-state index in [1.807, 2.05) is 19.0 Å². The molecule has 0 heterocycles. The maximum Gasteiger partial charge on any atom is 0.305 e. The highest BCUT2D eigenvalue weighted by atomic mass is 32.1. The molecule has 11 nitrogen and oxygen atoms in total. The molecule has 0 aliphatic heterocycles. The largest absolute Gasteiger partial charge is 0.466 e. The number of hydrogen-bond donors (Lipinski definition) is 1. The van der Waals surface area contributed by atoms with Gasteiger partial charge in [-0.3, -0.25) is 9.59 Å². The van der Waals surface area contributed by atoms with E-state index in [2.05, 4.69) is 37.9 Å². The Kier molecular flexibility index (Phi) is 53.9. The van der Waals surface area contributed by atoms with Crippen molar-refractivity contribution in [3.05, 3.63) is 0 Å². The Morgan fingerprint density at radius 3 is 1.01 bits per heavy atom. The summed E-state index contributed by atoms with van der Waals surface area (Å²) < 4.78 is 35.8. The maximum absolute atomic E-state index is 12.7. The van der Waals surface area contributed by atoms with Gasteiger partial charge in [-0.1, -0.05) is 182 Å². The van der Waals surface area contributed by atoms with Crippen LogP contribution in [0.15, 0.2) is 0 Å². The van der Waals surface area contributed by atoms with Crippen LogP contribution in [-0.4, -0.2) is 119 Å². The van der Waals surface area contributed by atoms with Gasteiger partial charge >= 0.3 is 11.9 Å². The fourth-order valence-corrected chi connectivity index (χ4v) is 8.48. The first-order valence-corrected chi connectivity index (χ1v) is 30.1. The number of carbonyl (C=O) groups is 2. The van der Waals surface area contributed by atoms with Crippen molar-refractivity contribution in [1.29, 1.82) is 0 Å². The van der Waals surface area contributed by atoms with Crippen LogP contribution in [0.1, 0.15) is 265 Å². The van der Waals surface area contributed by atoms with Crippen LogP contribution in [0.2, 0.25) is 0 Å². The molecule has 0 aromatic carbocycles. The molecule has 0 radical (unpaired) electrons. The first-order chi connectivity index (χ1) is 34.3. The predicted octanol–water partition coefficient (Wildman–Crippen LogP) is 15.0. The summed E-state index contributed by atoms with van der Waals surface area (Å²) in [5.74, 6) is -0.305. The van der Waals surface area contributed by atoms with Crippen LogP contribution in [0.5, 0.6) is 0 Å². The van der Waals surface area contributed by atoms with Gasteiger partial charge in [0.05, 0.1) is 26.1 Å². The van der Waals surface area contributed by atoms with Crippen LogP contribution < -0.4 is 5.32 Å². The number of esters is 2. The lowest BCUT2D eigenvalue weighted by atomic mass is 10.1. The lowest BCUT2D eigenvalue weighted by Crippen LogP contribution is -2.36. The van der Waals surface area contributed by atoms with Crippen LogP contribution in [0.4, 0.5) is 0 Å². The molecule has 1 N–H and O–H groups in total. The monoisotopic (exact) mass is 1010 g/mol. The van der Waals surface area contributed by atoms with Crippen molar-refractivity contribution < 1.29 is 38.0 Å². The molecule has 0 aromatic heterocycles. The van der Waals surface area contributed by atoms with Crippen molar-refractivity contribution in [3.8, 4) is 0 Å². The number of nitrogens with one attached hydrogen (secondary N) is 1. The first-order valence-electron chi connectivity index (χ1n) is 29.7. The van der Waals surface area contributed by atoms with Gasteiger partial charge in [0.2, 0.25) is 0 Å². The Morgan fingerprint density at radius 2 is 0.686 bits per heavy atom. The number of carbonyl (C=O) groups excluding carboxylic acids is 2. The highest BCUT2D eigenvalue weighted by molar-refractivity contribution is 7.80. The minimum absolute atomic E-state index is 0.153. The number of ether oxygens (including phenoxy) is 6. The molecule has 12 heteroatoms. The first kappa shape index (κ1) is 68.4. The molecule has 0 aliphatic carbocycles. The second-order valence-corrected chi connectivity index (χ2v) is 20.5. The fourth-order valence-electron chi connectivity index (χ4n) is 8.38. The summed E-state index contributed by atoms with van der Waals surface area (Å²) in [6.45, 7) is 16.7. The quantitative estimate of drug-likeness (QED) is 0.0271. The summed E-state index contributed by atoms with van der Waals surface area (Å²) in [7, 11) is 3.94. The van der Waals surface area contributed by atoms with Gasteiger partial charge in [-0.15, -0.1) is 0 Å². The molecule has 0 saturated heterocycles. The Hall–Kier alpha value is -1.57. The Balaban J connectivity index is 4.59. The van der Waals surface area contributed by atoms with E-state index in [9.17, 15) is 9.59 Å². The normalized spacial score (nSPS) is 11.6. The molecule has 0 amide bonds. The molecule has 0 saturated carbocycles. The van der Waals surface area contributed by atoms with Gasteiger partial charge in [-0.25, -0.2) is 0 Å². The van der Waals surface area contributed by atoms with Crippen LogP contribution >= 0.6 is 12.2 Å². The standard InChI is InChI=1S/C58H115N3O8S/c1-7-11-15-19-25-35-50-66-56(67-51-36-26-20-16-12-8-2)42-40-54(62)64-48-33-29-23-31-45-61(47-39-44-59-58(70)60(5)6)46-32-24-30-34-49-65-55(63)41-43-57(68-52-37-27-21-17-13-9-3)69-53-38-28-22-18-14-10-4/h56-57H,7-53H2,1-6H3,(H,59,70). The Bertz CT molecular complexity index is 1010. The molecule has 0 fully saturated rings. The van der Waals surface area contributed by atoms with Crippen molar-refractivity contribution in [2.45, 2.75) is 278 Å². The van der Waals surface area contributed by atoms with Crippen molar-refractivity contribution >= 4 is 29.3 Å². The zero-order valence-electron chi connectivity index (χ0n) is 47.0. The van der Waals surface area contributed by atoms with Crippen molar-refractivity contribution in [2.75, 3.05) is 79.9 Å². The number of hydrogen-bond acceptors (Lipinski definition) is 10. The second kappa shape index (κ2) is 55.2. The third-order valence-electron chi connectivity index (χ3n) is 13.0. The van der Waals surface area contributed by atoms with E-state index < -0.39 is 0 Å². The summed E-state index contributed by atoms with van der Waals surface area (Å²) in [4.78, 5) is 29.9. The third-order valence-corrected chi connectivity index (χ3v) is 13.5. The van der Waals surface area contributed by atoms with E-state index in [0.29, 0.717) is 65.3 Å². The van der Waals surface area contributed by atoms with Crippen molar-refractivity contribution in [2.24, 2.45) is 0 Å². The minimum Gasteiger partial charge on any atom is -0.466 e. The van der Waals surface area contributed by atoms with Crippen LogP contribution in [-0.2, 0) is 38.0 Å². The summed E-state index contributed by atoms with van der Waals surface area (Å²) in [5.41, 5.74) is 0. The zero-order chi connectivity index (χ0) is 51.2. The van der Waals surface area contributed by atoms with Gasteiger partial charge in [-0.2, -0.15) is 0 Å². The summed E-state index contributed by atoms with van der Waals surface area (Å²) in [6, 6.07) is 0.